The van der Waals surface area contributed by atoms with Gasteiger partial charge in [-0.2, -0.15) is 0 Å². The predicted molar refractivity (Wildman–Crippen MR) is 70.3 cm³/mol. The van der Waals surface area contributed by atoms with Crippen LogP contribution in [0.4, 0.5) is 10.1 Å². The highest BCUT2D eigenvalue weighted by atomic mass is 19.1. The number of aryl methyl sites for hydroxylation is 1. The summed E-state index contributed by atoms with van der Waals surface area (Å²) < 4.78 is 13.9. The van der Waals surface area contributed by atoms with Crippen molar-refractivity contribution in [1.29, 1.82) is 0 Å². The quantitative estimate of drug-likeness (QED) is 0.882. The summed E-state index contributed by atoms with van der Waals surface area (Å²) >= 11 is 0. The van der Waals surface area contributed by atoms with E-state index < -0.39 is 11.9 Å². The van der Waals surface area contributed by atoms with Crippen LogP contribution in [0.15, 0.2) is 18.2 Å². The molecule has 1 aromatic rings. The Morgan fingerprint density at radius 2 is 2.05 bits per heavy atom. The van der Waals surface area contributed by atoms with Crippen LogP contribution < -0.4 is 10.2 Å². The molecule has 0 radical (unpaired) electrons. The van der Waals surface area contributed by atoms with E-state index in [-0.39, 0.29) is 30.0 Å². The third-order valence-corrected chi connectivity index (χ3v) is 3.21. The number of amides is 2. The number of carbonyl (C=O) groups excluding carboxylic acids is 2. The fraction of sp³-hybridized carbons (Fsp3) is 0.429. The van der Waals surface area contributed by atoms with Crippen molar-refractivity contribution >= 4 is 17.5 Å². The van der Waals surface area contributed by atoms with Crippen LogP contribution in [0.2, 0.25) is 0 Å². The fourth-order valence-electron chi connectivity index (χ4n) is 2.16. The Morgan fingerprint density at radius 3 is 2.68 bits per heavy atom. The molecule has 19 heavy (non-hydrogen) atoms. The number of benzene rings is 1. The van der Waals surface area contributed by atoms with Gasteiger partial charge >= 0.3 is 0 Å². The van der Waals surface area contributed by atoms with E-state index in [1.807, 2.05) is 20.8 Å². The second kappa shape index (κ2) is 4.99. The molecule has 0 saturated carbocycles. The molecule has 1 N–H and O–H groups in total. The molecule has 1 unspecified atom stereocenters. The van der Waals surface area contributed by atoms with Gasteiger partial charge in [0.25, 0.3) is 0 Å². The molecule has 0 aliphatic carbocycles. The molecule has 2 amide bonds. The van der Waals surface area contributed by atoms with Gasteiger partial charge in [0.1, 0.15) is 18.4 Å². The highest BCUT2D eigenvalue weighted by Crippen LogP contribution is 2.24. The van der Waals surface area contributed by atoms with E-state index in [2.05, 4.69) is 5.32 Å². The molecule has 1 heterocycles. The van der Waals surface area contributed by atoms with Crippen molar-refractivity contribution in [3.63, 3.8) is 0 Å². The van der Waals surface area contributed by atoms with Gasteiger partial charge in [-0.25, -0.2) is 4.39 Å². The lowest BCUT2D eigenvalue weighted by molar-refractivity contribution is -0.132. The zero-order valence-corrected chi connectivity index (χ0v) is 11.2. The third kappa shape index (κ3) is 2.59. The molecule has 1 saturated heterocycles. The Bertz CT molecular complexity index is 528. The van der Waals surface area contributed by atoms with Gasteiger partial charge in [-0.05, 0) is 30.5 Å². The fourth-order valence-corrected chi connectivity index (χ4v) is 2.16. The van der Waals surface area contributed by atoms with Crippen LogP contribution in [0.25, 0.3) is 0 Å². The van der Waals surface area contributed by atoms with Crippen LogP contribution in [0.1, 0.15) is 19.4 Å². The zero-order chi connectivity index (χ0) is 14.2. The molecular formula is C14H17FN2O2. The number of hydrogen-bond donors (Lipinski definition) is 1. The molecular weight excluding hydrogens is 247 g/mol. The number of nitrogens with one attached hydrogen (secondary N) is 1. The number of piperazine rings is 1. The Balaban J connectivity index is 2.40. The van der Waals surface area contributed by atoms with Gasteiger partial charge in [0.2, 0.25) is 11.8 Å². The summed E-state index contributed by atoms with van der Waals surface area (Å²) in [6.07, 6.45) is 0. The number of carbonyl (C=O) groups is 2. The molecule has 1 aromatic carbocycles. The minimum atomic E-state index is -0.596. The van der Waals surface area contributed by atoms with Gasteiger partial charge in [0.15, 0.2) is 0 Å². The molecule has 5 heteroatoms. The summed E-state index contributed by atoms with van der Waals surface area (Å²) in [5, 5.41) is 2.65. The van der Waals surface area contributed by atoms with Crippen LogP contribution >= 0.6 is 0 Å². The maximum atomic E-state index is 13.9. The molecule has 1 aliphatic rings. The Morgan fingerprint density at radius 1 is 1.37 bits per heavy atom. The summed E-state index contributed by atoms with van der Waals surface area (Å²) in [5.74, 6) is -1.05. The monoisotopic (exact) mass is 264 g/mol. The van der Waals surface area contributed by atoms with E-state index in [0.29, 0.717) is 0 Å². The molecule has 102 valence electrons. The maximum Gasteiger partial charge on any atom is 0.250 e. The number of rotatable bonds is 2. The van der Waals surface area contributed by atoms with Crippen molar-refractivity contribution in [3.05, 3.63) is 29.6 Å². The van der Waals surface area contributed by atoms with Crippen LogP contribution in [0.5, 0.6) is 0 Å². The van der Waals surface area contributed by atoms with Crippen molar-refractivity contribution in [2.75, 3.05) is 11.4 Å². The summed E-state index contributed by atoms with van der Waals surface area (Å²) in [6.45, 7) is 5.37. The Labute approximate surface area is 111 Å². The van der Waals surface area contributed by atoms with E-state index in [1.165, 1.54) is 11.0 Å². The average Bonchev–Trinajstić information content (AvgIpc) is 2.34. The summed E-state index contributed by atoms with van der Waals surface area (Å²) in [5.41, 5.74) is 1.02. The topological polar surface area (TPSA) is 49.4 Å². The van der Waals surface area contributed by atoms with Crippen molar-refractivity contribution in [2.24, 2.45) is 5.92 Å². The van der Waals surface area contributed by atoms with Gasteiger partial charge in [0.05, 0.1) is 5.69 Å². The Kier molecular flexibility index (Phi) is 3.55. The molecule has 1 fully saturated rings. The highest BCUT2D eigenvalue weighted by molar-refractivity contribution is 6.06. The average molecular weight is 264 g/mol. The van der Waals surface area contributed by atoms with E-state index in [9.17, 15) is 14.0 Å². The second-order valence-electron chi connectivity index (χ2n) is 5.17. The van der Waals surface area contributed by atoms with Crippen LogP contribution in [0, 0.1) is 18.7 Å². The van der Waals surface area contributed by atoms with Gasteiger partial charge in [-0.15, -0.1) is 0 Å². The lowest BCUT2D eigenvalue weighted by Gasteiger charge is -2.34. The normalized spacial score (nSPS) is 19.8. The van der Waals surface area contributed by atoms with Crippen molar-refractivity contribution in [2.45, 2.75) is 26.8 Å². The first-order valence-electron chi connectivity index (χ1n) is 6.27. The van der Waals surface area contributed by atoms with Crippen molar-refractivity contribution < 1.29 is 14.0 Å². The van der Waals surface area contributed by atoms with E-state index in [4.69, 9.17) is 0 Å². The van der Waals surface area contributed by atoms with Gasteiger partial charge in [-0.1, -0.05) is 19.9 Å². The van der Waals surface area contributed by atoms with Crippen LogP contribution in [0.3, 0.4) is 0 Å². The molecule has 0 spiro atoms. The first-order valence-corrected chi connectivity index (χ1v) is 6.27. The van der Waals surface area contributed by atoms with Crippen LogP contribution in [-0.4, -0.2) is 24.4 Å². The summed E-state index contributed by atoms with van der Waals surface area (Å²) in [6, 6.07) is 3.94. The first kappa shape index (κ1) is 13.5. The number of nitrogens with zero attached hydrogens (tertiary/aromatic N) is 1. The first-order chi connectivity index (χ1) is 8.90. The van der Waals surface area contributed by atoms with Gasteiger partial charge in [0, 0.05) is 0 Å². The highest BCUT2D eigenvalue weighted by Gasteiger charge is 2.36. The molecule has 1 aliphatic heterocycles. The van der Waals surface area contributed by atoms with Gasteiger partial charge in [-0.3, -0.25) is 14.5 Å². The smallest absolute Gasteiger partial charge is 0.250 e. The second-order valence-corrected chi connectivity index (χ2v) is 5.17. The summed E-state index contributed by atoms with van der Waals surface area (Å²) in [4.78, 5) is 25.2. The third-order valence-electron chi connectivity index (χ3n) is 3.21. The summed E-state index contributed by atoms with van der Waals surface area (Å²) in [7, 11) is 0. The van der Waals surface area contributed by atoms with Crippen molar-refractivity contribution in [1.82, 2.24) is 5.32 Å². The predicted octanol–water partition coefficient (Wildman–Crippen LogP) is 1.62. The van der Waals surface area contributed by atoms with Crippen molar-refractivity contribution in [3.8, 4) is 0 Å². The largest absolute Gasteiger partial charge is 0.342 e. The molecule has 0 aromatic heterocycles. The molecule has 0 bridgehead atoms. The van der Waals surface area contributed by atoms with Gasteiger partial charge < -0.3 is 5.32 Å². The van der Waals surface area contributed by atoms with E-state index in [0.717, 1.165) is 5.56 Å². The lowest BCUT2D eigenvalue weighted by atomic mass is 10.00. The number of hydrogen-bond acceptors (Lipinski definition) is 2. The SMILES string of the molecule is Cc1ccc(F)c(N2CC(=O)NC(C(C)C)C2=O)c1. The minimum absolute atomic E-state index is 0.0351. The number of halogens is 1. The van der Waals surface area contributed by atoms with Crippen LogP contribution in [-0.2, 0) is 9.59 Å². The van der Waals surface area contributed by atoms with E-state index >= 15 is 0 Å². The molecule has 4 nitrogen and oxygen atoms in total. The minimum Gasteiger partial charge on any atom is -0.342 e. The number of anilines is 1. The Hall–Kier alpha value is -1.91. The lowest BCUT2D eigenvalue weighted by Crippen LogP contribution is -2.60. The molecule has 2 rings (SSSR count). The maximum absolute atomic E-state index is 13.9. The molecule has 1 atom stereocenters. The standard InChI is InChI=1S/C14H17FN2O2/c1-8(2)13-14(19)17(7-12(18)16-13)11-6-9(3)4-5-10(11)15/h4-6,8,13H,7H2,1-3H3,(H,16,18). The van der Waals surface area contributed by atoms with E-state index in [1.54, 1.807) is 12.1 Å². The zero-order valence-electron chi connectivity index (χ0n) is 11.2.